The largest absolute Gasteiger partial charge is 0.320 e. The average molecular weight is 141 g/mol. The molecular weight excluding hydrogens is 132 g/mol. The summed E-state index contributed by atoms with van der Waals surface area (Å²) in [5.41, 5.74) is 5.11. The molecule has 2 N–H and O–H groups in total. The van der Waals surface area contributed by atoms with Crippen molar-refractivity contribution in [1.29, 1.82) is 0 Å². The number of carbonyl (C=O) groups excluding carboxylic acids is 2. The van der Waals surface area contributed by atoms with Crippen LogP contribution in [0.2, 0.25) is 0 Å². The van der Waals surface area contributed by atoms with Gasteiger partial charge in [0.1, 0.15) is 0 Å². The Bertz CT molecular complexity index is 163. The third-order valence-electron chi connectivity index (χ3n) is 0.785. The minimum atomic E-state index is -0.719. The molecule has 4 nitrogen and oxygen atoms in total. The van der Waals surface area contributed by atoms with Crippen LogP contribution in [0.3, 0.4) is 0 Å². The standard InChI is InChI=1S/C6H9N2O2/c1-3-5(9)8-6(10)4(2)7/h3-4H,1,7H2,2H3/t4-/m0/s1. The van der Waals surface area contributed by atoms with Gasteiger partial charge in [0.2, 0.25) is 0 Å². The van der Waals surface area contributed by atoms with Gasteiger partial charge < -0.3 is 5.73 Å². The van der Waals surface area contributed by atoms with Crippen molar-refractivity contribution >= 4 is 11.8 Å². The minimum Gasteiger partial charge on any atom is -0.320 e. The summed E-state index contributed by atoms with van der Waals surface area (Å²) in [7, 11) is 0. The Kier molecular flexibility index (Phi) is 3.35. The van der Waals surface area contributed by atoms with E-state index in [0.29, 0.717) is 0 Å². The maximum atomic E-state index is 10.6. The SMILES string of the molecule is C=CC(=O)[N]C(=O)[C@H](C)N. The van der Waals surface area contributed by atoms with Crippen molar-refractivity contribution in [1.82, 2.24) is 5.32 Å². The second kappa shape index (κ2) is 3.79. The zero-order valence-corrected chi connectivity index (χ0v) is 5.70. The third-order valence-corrected chi connectivity index (χ3v) is 0.785. The normalized spacial score (nSPS) is 11.8. The molecule has 0 aliphatic heterocycles. The van der Waals surface area contributed by atoms with Crippen LogP contribution in [0.5, 0.6) is 0 Å². The van der Waals surface area contributed by atoms with E-state index in [4.69, 9.17) is 5.73 Å². The van der Waals surface area contributed by atoms with Gasteiger partial charge in [-0.25, -0.2) is 0 Å². The molecule has 0 rings (SSSR count). The molecule has 10 heavy (non-hydrogen) atoms. The molecule has 0 aliphatic carbocycles. The quantitative estimate of drug-likeness (QED) is 0.510. The predicted octanol–water partition coefficient (Wildman–Crippen LogP) is -0.823. The molecule has 0 fully saturated rings. The van der Waals surface area contributed by atoms with Gasteiger partial charge in [0.15, 0.2) is 0 Å². The summed E-state index contributed by atoms with van der Waals surface area (Å²) in [4.78, 5) is 20.9. The Morgan fingerprint density at radius 2 is 2.20 bits per heavy atom. The maximum Gasteiger partial charge on any atom is 0.272 e. The maximum absolute atomic E-state index is 10.6. The van der Waals surface area contributed by atoms with E-state index in [2.05, 4.69) is 11.9 Å². The first-order valence-electron chi connectivity index (χ1n) is 2.75. The van der Waals surface area contributed by atoms with E-state index in [-0.39, 0.29) is 0 Å². The smallest absolute Gasteiger partial charge is 0.272 e. The van der Waals surface area contributed by atoms with Crippen molar-refractivity contribution in [2.24, 2.45) is 5.73 Å². The highest BCUT2D eigenvalue weighted by Gasteiger charge is 2.10. The van der Waals surface area contributed by atoms with Gasteiger partial charge in [-0.05, 0) is 13.0 Å². The van der Waals surface area contributed by atoms with E-state index < -0.39 is 17.9 Å². The van der Waals surface area contributed by atoms with E-state index in [1.165, 1.54) is 6.92 Å². The van der Waals surface area contributed by atoms with Crippen molar-refractivity contribution in [3.05, 3.63) is 12.7 Å². The topological polar surface area (TPSA) is 74.3 Å². The van der Waals surface area contributed by atoms with Crippen molar-refractivity contribution in [2.75, 3.05) is 0 Å². The van der Waals surface area contributed by atoms with Crippen LogP contribution in [0.15, 0.2) is 12.7 Å². The molecule has 0 saturated heterocycles. The lowest BCUT2D eigenvalue weighted by Gasteiger charge is -1.99. The van der Waals surface area contributed by atoms with Gasteiger partial charge in [0.25, 0.3) is 11.8 Å². The number of hydrogen-bond donors (Lipinski definition) is 1. The van der Waals surface area contributed by atoms with Gasteiger partial charge >= 0.3 is 0 Å². The molecule has 1 atom stereocenters. The van der Waals surface area contributed by atoms with Crippen molar-refractivity contribution in [3.8, 4) is 0 Å². The number of amides is 2. The Morgan fingerprint density at radius 3 is 2.50 bits per heavy atom. The Morgan fingerprint density at radius 1 is 1.70 bits per heavy atom. The summed E-state index contributed by atoms with van der Waals surface area (Å²) >= 11 is 0. The Balaban J connectivity index is 3.80. The van der Waals surface area contributed by atoms with E-state index in [0.717, 1.165) is 6.08 Å². The van der Waals surface area contributed by atoms with E-state index >= 15 is 0 Å². The summed E-state index contributed by atoms with van der Waals surface area (Å²) in [5, 5.41) is 3.07. The summed E-state index contributed by atoms with van der Waals surface area (Å²) in [6.45, 7) is 4.60. The number of nitrogens with two attached hydrogens (primary N) is 1. The van der Waals surface area contributed by atoms with Gasteiger partial charge in [-0.15, -0.1) is 0 Å². The zero-order chi connectivity index (χ0) is 8.15. The van der Waals surface area contributed by atoms with Crippen molar-refractivity contribution < 1.29 is 9.59 Å². The van der Waals surface area contributed by atoms with Crippen LogP contribution in [-0.4, -0.2) is 17.9 Å². The Labute approximate surface area is 59.1 Å². The molecule has 0 saturated carbocycles. The summed E-state index contributed by atoms with van der Waals surface area (Å²) in [5.74, 6) is -1.27. The van der Waals surface area contributed by atoms with Crippen LogP contribution in [0.1, 0.15) is 6.92 Å². The van der Waals surface area contributed by atoms with Crippen LogP contribution in [0.25, 0.3) is 0 Å². The average Bonchev–Trinajstić information content (AvgIpc) is 1.87. The highest BCUT2D eigenvalue weighted by Crippen LogP contribution is 1.77. The lowest BCUT2D eigenvalue weighted by molar-refractivity contribution is -0.129. The molecule has 2 amide bonds. The molecule has 0 aliphatic rings. The summed E-state index contributed by atoms with van der Waals surface area (Å²) in [6, 6.07) is -0.719. The monoisotopic (exact) mass is 141 g/mol. The first-order chi connectivity index (χ1) is 4.57. The highest BCUT2D eigenvalue weighted by atomic mass is 16.2. The molecule has 0 aromatic heterocycles. The number of imide groups is 1. The minimum absolute atomic E-state index is 0.620. The molecular formula is C6H9N2O2. The lowest BCUT2D eigenvalue weighted by atomic mass is 10.3. The van der Waals surface area contributed by atoms with Crippen LogP contribution >= 0.6 is 0 Å². The highest BCUT2D eigenvalue weighted by molar-refractivity contribution is 6.01. The van der Waals surface area contributed by atoms with Gasteiger partial charge in [-0.1, -0.05) is 6.58 Å². The number of hydrogen-bond acceptors (Lipinski definition) is 3. The molecule has 0 aromatic rings. The van der Waals surface area contributed by atoms with E-state index in [1.807, 2.05) is 0 Å². The number of carbonyl (C=O) groups is 2. The Hall–Kier alpha value is -1.16. The van der Waals surface area contributed by atoms with Crippen molar-refractivity contribution in [2.45, 2.75) is 13.0 Å². The van der Waals surface area contributed by atoms with Crippen LogP contribution in [-0.2, 0) is 9.59 Å². The number of nitrogens with zero attached hydrogens (tertiary/aromatic N) is 1. The summed E-state index contributed by atoms with van der Waals surface area (Å²) in [6.07, 6.45) is 0.959. The van der Waals surface area contributed by atoms with Gasteiger partial charge in [-0.2, -0.15) is 5.32 Å². The predicted molar refractivity (Wildman–Crippen MR) is 36.0 cm³/mol. The van der Waals surface area contributed by atoms with E-state index in [9.17, 15) is 9.59 Å². The summed E-state index contributed by atoms with van der Waals surface area (Å²) < 4.78 is 0. The van der Waals surface area contributed by atoms with Crippen LogP contribution < -0.4 is 11.1 Å². The molecule has 4 heteroatoms. The van der Waals surface area contributed by atoms with Gasteiger partial charge in [-0.3, -0.25) is 9.59 Å². The first kappa shape index (κ1) is 8.84. The van der Waals surface area contributed by atoms with Crippen LogP contribution in [0, 0.1) is 0 Å². The zero-order valence-electron chi connectivity index (χ0n) is 5.70. The van der Waals surface area contributed by atoms with Gasteiger partial charge in [0.05, 0.1) is 6.04 Å². The molecule has 0 heterocycles. The number of rotatable bonds is 2. The van der Waals surface area contributed by atoms with E-state index in [1.54, 1.807) is 0 Å². The molecule has 0 spiro atoms. The van der Waals surface area contributed by atoms with Crippen molar-refractivity contribution in [3.63, 3.8) is 0 Å². The molecule has 0 aromatic carbocycles. The molecule has 0 bridgehead atoms. The molecule has 55 valence electrons. The second-order valence-electron chi connectivity index (χ2n) is 1.78. The molecule has 1 radical (unpaired) electrons. The lowest BCUT2D eigenvalue weighted by Crippen LogP contribution is -2.36. The van der Waals surface area contributed by atoms with Gasteiger partial charge in [0, 0.05) is 0 Å². The fraction of sp³-hybridized carbons (Fsp3) is 0.333. The third kappa shape index (κ3) is 2.99. The fourth-order valence-electron chi connectivity index (χ4n) is 0.256. The molecule has 0 unspecified atom stereocenters. The fourth-order valence-corrected chi connectivity index (χ4v) is 0.256. The van der Waals surface area contributed by atoms with Crippen LogP contribution in [0.4, 0.5) is 0 Å². The first-order valence-corrected chi connectivity index (χ1v) is 2.75. The second-order valence-corrected chi connectivity index (χ2v) is 1.78.